The summed E-state index contributed by atoms with van der Waals surface area (Å²) in [5.74, 6) is 1.52. The molecule has 0 unspecified atom stereocenters. The van der Waals surface area contributed by atoms with E-state index >= 15 is 0 Å². The number of aryl methyl sites for hydroxylation is 1. The van der Waals surface area contributed by atoms with Gasteiger partial charge in [-0.15, -0.1) is 0 Å². The second-order valence-electron chi connectivity index (χ2n) is 6.16. The fourth-order valence-corrected chi connectivity index (χ4v) is 2.18. The zero-order valence-corrected chi connectivity index (χ0v) is 13.0. The van der Waals surface area contributed by atoms with E-state index in [0.717, 1.165) is 11.5 Å². The molecule has 0 bridgehead atoms. The molecule has 4 heteroatoms. The van der Waals surface area contributed by atoms with Crippen molar-refractivity contribution in [3.05, 3.63) is 53.5 Å². The molecule has 0 spiro atoms. The van der Waals surface area contributed by atoms with E-state index in [1.54, 1.807) is 17.0 Å². The minimum atomic E-state index is -0.333. The van der Waals surface area contributed by atoms with Crippen LogP contribution in [-0.2, 0) is 6.54 Å². The topological polar surface area (TPSA) is 59.5 Å². The fourth-order valence-electron chi connectivity index (χ4n) is 2.18. The largest absolute Gasteiger partial charge is 0.464 e. The summed E-state index contributed by atoms with van der Waals surface area (Å²) in [6.45, 7) is 8.31. The van der Waals surface area contributed by atoms with E-state index in [9.17, 15) is 4.79 Å². The molecule has 1 amide bonds. The van der Waals surface area contributed by atoms with Gasteiger partial charge in [-0.2, -0.15) is 0 Å². The first-order valence-electron chi connectivity index (χ1n) is 7.01. The number of nitrogens with zero attached hydrogens (tertiary/aromatic N) is 1. The van der Waals surface area contributed by atoms with Crippen LogP contribution < -0.4 is 5.73 Å². The number of amides is 1. The van der Waals surface area contributed by atoms with Crippen LogP contribution in [0.4, 0.5) is 5.69 Å². The molecule has 0 saturated carbocycles. The third-order valence-corrected chi connectivity index (χ3v) is 3.36. The Morgan fingerprint density at radius 2 is 1.86 bits per heavy atom. The van der Waals surface area contributed by atoms with Crippen LogP contribution in [0.3, 0.4) is 0 Å². The van der Waals surface area contributed by atoms with Crippen LogP contribution in [0.15, 0.2) is 40.8 Å². The quantitative estimate of drug-likeness (QED) is 0.877. The van der Waals surface area contributed by atoms with E-state index in [0.29, 0.717) is 17.8 Å². The minimum absolute atomic E-state index is 0.0883. The van der Waals surface area contributed by atoms with E-state index in [1.807, 2.05) is 52.0 Å². The van der Waals surface area contributed by atoms with Crippen molar-refractivity contribution in [3.8, 4) is 0 Å². The second-order valence-corrected chi connectivity index (χ2v) is 6.16. The van der Waals surface area contributed by atoms with E-state index in [4.69, 9.17) is 10.2 Å². The number of furan rings is 1. The normalized spacial score (nSPS) is 11.4. The maximum absolute atomic E-state index is 12.8. The number of anilines is 1. The molecule has 112 valence electrons. The van der Waals surface area contributed by atoms with Gasteiger partial charge in [0.1, 0.15) is 11.5 Å². The van der Waals surface area contributed by atoms with Gasteiger partial charge in [-0.3, -0.25) is 4.79 Å². The van der Waals surface area contributed by atoms with Crippen molar-refractivity contribution in [1.29, 1.82) is 0 Å². The van der Waals surface area contributed by atoms with Crippen LogP contribution in [0.2, 0.25) is 0 Å². The molecule has 0 aliphatic carbocycles. The summed E-state index contributed by atoms with van der Waals surface area (Å²) in [6, 6.07) is 10.9. The summed E-state index contributed by atoms with van der Waals surface area (Å²) in [6.07, 6.45) is 0. The van der Waals surface area contributed by atoms with Crippen molar-refractivity contribution < 1.29 is 9.21 Å². The Kier molecular flexibility index (Phi) is 4.07. The number of carbonyl (C=O) groups is 1. The number of rotatable bonds is 3. The molecule has 0 aliphatic rings. The lowest BCUT2D eigenvalue weighted by Gasteiger charge is -2.35. The number of hydrogen-bond donors (Lipinski definition) is 1. The molecule has 1 aromatic carbocycles. The average Bonchev–Trinajstić information content (AvgIpc) is 2.80. The Labute approximate surface area is 125 Å². The first kappa shape index (κ1) is 15.2. The summed E-state index contributed by atoms with van der Waals surface area (Å²) in [4.78, 5) is 14.6. The van der Waals surface area contributed by atoms with E-state index < -0.39 is 0 Å². The molecule has 2 N–H and O–H groups in total. The molecule has 21 heavy (non-hydrogen) atoms. The summed E-state index contributed by atoms with van der Waals surface area (Å²) in [5, 5.41) is 0. The summed E-state index contributed by atoms with van der Waals surface area (Å²) < 4.78 is 5.60. The Hall–Kier alpha value is -2.23. The molecule has 1 heterocycles. The second kappa shape index (κ2) is 5.64. The lowest BCUT2D eigenvalue weighted by Crippen LogP contribution is -2.45. The third kappa shape index (κ3) is 3.45. The van der Waals surface area contributed by atoms with Crippen LogP contribution in [0, 0.1) is 6.92 Å². The summed E-state index contributed by atoms with van der Waals surface area (Å²) in [5.41, 5.74) is 6.61. The molecule has 0 fully saturated rings. The summed E-state index contributed by atoms with van der Waals surface area (Å²) >= 11 is 0. The van der Waals surface area contributed by atoms with Gasteiger partial charge in [-0.05, 0) is 52.0 Å². The Morgan fingerprint density at radius 1 is 1.19 bits per heavy atom. The Morgan fingerprint density at radius 3 is 2.38 bits per heavy atom. The molecular formula is C17H22N2O2. The first-order chi connectivity index (χ1) is 9.79. The van der Waals surface area contributed by atoms with E-state index in [1.165, 1.54) is 0 Å². The third-order valence-electron chi connectivity index (χ3n) is 3.36. The van der Waals surface area contributed by atoms with Gasteiger partial charge in [-0.25, -0.2) is 0 Å². The highest BCUT2D eigenvalue weighted by Gasteiger charge is 2.29. The number of hydrogen-bond acceptors (Lipinski definition) is 3. The molecule has 2 rings (SSSR count). The van der Waals surface area contributed by atoms with Crippen molar-refractivity contribution in [2.75, 3.05) is 5.73 Å². The first-order valence-corrected chi connectivity index (χ1v) is 7.01. The van der Waals surface area contributed by atoms with E-state index in [-0.39, 0.29) is 11.4 Å². The van der Waals surface area contributed by atoms with Crippen LogP contribution in [-0.4, -0.2) is 16.3 Å². The standard InChI is InChI=1S/C17H22N2O2/c1-12-9-10-13(21-12)11-19(17(2,3)4)16(20)14-7-5-6-8-15(14)18/h5-10H,11,18H2,1-4H3. The van der Waals surface area contributed by atoms with Gasteiger partial charge < -0.3 is 15.1 Å². The smallest absolute Gasteiger partial charge is 0.256 e. The van der Waals surface area contributed by atoms with Gasteiger partial charge >= 0.3 is 0 Å². The van der Waals surface area contributed by atoms with Crippen molar-refractivity contribution in [3.63, 3.8) is 0 Å². The van der Waals surface area contributed by atoms with Crippen molar-refractivity contribution in [2.45, 2.75) is 39.8 Å². The van der Waals surface area contributed by atoms with Gasteiger partial charge in [0.25, 0.3) is 5.91 Å². The Bertz CT molecular complexity index is 638. The molecular weight excluding hydrogens is 264 g/mol. The molecule has 2 aromatic rings. The van der Waals surface area contributed by atoms with Crippen LogP contribution in [0.5, 0.6) is 0 Å². The summed E-state index contributed by atoms with van der Waals surface area (Å²) in [7, 11) is 0. The van der Waals surface area contributed by atoms with Crippen molar-refractivity contribution in [1.82, 2.24) is 4.90 Å². The molecule has 0 saturated heterocycles. The minimum Gasteiger partial charge on any atom is -0.464 e. The van der Waals surface area contributed by atoms with Gasteiger partial charge in [-0.1, -0.05) is 12.1 Å². The molecule has 1 aromatic heterocycles. The number of carbonyl (C=O) groups excluding carboxylic acids is 1. The fraction of sp³-hybridized carbons (Fsp3) is 0.353. The van der Waals surface area contributed by atoms with Crippen LogP contribution in [0.1, 0.15) is 42.6 Å². The monoisotopic (exact) mass is 286 g/mol. The number of nitrogen functional groups attached to an aromatic ring is 1. The maximum atomic E-state index is 12.8. The number of para-hydroxylation sites is 1. The predicted octanol–water partition coefficient (Wildman–Crippen LogP) is 3.61. The van der Waals surface area contributed by atoms with Crippen molar-refractivity contribution in [2.24, 2.45) is 0 Å². The van der Waals surface area contributed by atoms with Gasteiger partial charge in [0, 0.05) is 11.2 Å². The van der Waals surface area contributed by atoms with Crippen molar-refractivity contribution >= 4 is 11.6 Å². The average molecular weight is 286 g/mol. The Balaban J connectivity index is 2.33. The highest BCUT2D eigenvalue weighted by atomic mass is 16.3. The van der Waals surface area contributed by atoms with Gasteiger partial charge in [0.15, 0.2) is 0 Å². The zero-order chi connectivity index (χ0) is 15.6. The van der Waals surface area contributed by atoms with Crippen LogP contribution in [0.25, 0.3) is 0 Å². The molecule has 0 radical (unpaired) electrons. The SMILES string of the molecule is Cc1ccc(CN(C(=O)c2ccccc2N)C(C)(C)C)o1. The molecule has 0 aliphatic heterocycles. The lowest BCUT2D eigenvalue weighted by atomic mass is 10.0. The highest BCUT2D eigenvalue weighted by molar-refractivity contribution is 5.99. The zero-order valence-electron chi connectivity index (χ0n) is 13.0. The predicted molar refractivity (Wildman–Crippen MR) is 83.9 cm³/mol. The highest BCUT2D eigenvalue weighted by Crippen LogP contribution is 2.23. The van der Waals surface area contributed by atoms with Gasteiger partial charge in [0.05, 0.1) is 12.1 Å². The number of benzene rings is 1. The molecule has 4 nitrogen and oxygen atoms in total. The number of nitrogens with two attached hydrogens (primary N) is 1. The lowest BCUT2D eigenvalue weighted by molar-refractivity contribution is 0.0538. The maximum Gasteiger partial charge on any atom is 0.256 e. The van der Waals surface area contributed by atoms with E-state index in [2.05, 4.69) is 0 Å². The van der Waals surface area contributed by atoms with Gasteiger partial charge in [0.2, 0.25) is 0 Å². The van der Waals surface area contributed by atoms with Crippen LogP contribution >= 0.6 is 0 Å². The molecule has 0 atom stereocenters.